The molecule has 0 fully saturated rings. The molecule has 1 aromatic carbocycles. The van der Waals surface area contributed by atoms with Crippen molar-refractivity contribution in [1.29, 1.82) is 0 Å². The van der Waals surface area contributed by atoms with E-state index in [9.17, 15) is 0 Å². The van der Waals surface area contributed by atoms with Gasteiger partial charge in [0.1, 0.15) is 0 Å². The Balaban J connectivity index is 2.91. The van der Waals surface area contributed by atoms with Gasteiger partial charge in [0, 0.05) is 12.7 Å². The summed E-state index contributed by atoms with van der Waals surface area (Å²) in [5.74, 6) is 0. The SMILES string of the molecule is [2H]/C(=C\C=C)c1ccc(NC)cc1. The van der Waals surface area contributed by atoms with Crippen LogP contribution in [-0.2, 0) is 0 Å². The van der Waals surface area contributed by atoms with E-state index < -0.39 is 0 Å². The quantitative estimate of drug-likeness (QED) is 0.670. The van der Waals surface area contributed by atoms with Gasteiger partial charge in [-0.1, -0.05) is 36.9 Å². The fourth-order valence-corrected chi connectivity index (χ4v) is 0.888. The molecule has 0 spiro atoms. The van der Waals surface area contributed by atoms with Gasteiger partial charge in [-0.05, 0) is 17.7 Å². The molecule has 0 bridgehead atoms. The molecule has 0 radical (unpaired) electrons. The summed E-state index contributed by atoms with van der Waals surface area (Å²) in [7, 11) is 1.87. The highest BCUT2D eigenvalue weighted by Gasteiger charge is 1.86. The van der Waals surface area contributed by atoms with Crippen LogP contribution < -0.4 is 5.32 Å². The van der Waals surface area contributed by atoms with E-state index in [1.54, 1.807) is 12.2 Å². The highest BCUT2D eigenvalue weighted by Crippen LogP contribution is 2.09. The zero-order valence-corrected chi connectivity index (χ0v) is 7.17. The lowest BCUT2D eigenvalue weighted by molar-refractivity contribution is 1.51. The van der Waals surface area contributed by atoms with E-state index in [0.717, 1.165) is 11.3 Å². The summed E-state index contributed by atoms with van der Waals surface area (Å²) in [6.45, 7) is 3.55. The number of rotatable bonds is 3. The van der Waals surface area contributed by atoms with Gasteiger partial charge in [-0.15, -0.1) is 0 Å². The first-order valence-corrected chi connectivity index (χ1v) is 3.85. The zero-order chi connectivity index (χ0) is 9.68. The minimum Gasteiger partial charge on any atom is -0.388 e. The highest BCUT2D eigenvalue weighted by atomic mass is 14.8. The number of benzene rings is 1. The van der Waals surface area contributed by atoms with Gasteiger partial charge in [0.25, 0.3) is 0 Å². The van der Waals surface area contributed by atoms with Gasteiger partial charge >= 0.3 is 0 Å². The van der Waals surface area contributed by atoms with Crippen LogP contribution in [0.2, 0.25) is 0 Å². The fraction of sp³-hybridized carbons (Fsp3) is 0.0909. The summed E-state index contributed by atoms with van der Waals surface area (Å²) >= 11 is 0. The van der Waals surface area contributed by atoms with Gasteiger partial charge in [0.2, 0.25) is 0 Å². The first kappa shape index (κ1) is 7.17. The standard InChI is InChI=1S/C11H13N/c1-3-4-5-10-6-8-11(12-2)9-7-10/h3-9,12H,1H2,2H3/b5-4+/i5D. The molecule has 0 aliphatic heterocycles. The number of hydrogen-bond acceptors (Lipinski definition) is 1. The van der Waals surface area contributed by atoms with Crippen LogP contribution >= 0.6 is 0 Å². The Kier molecular flexibility index (Phi) is 2.62. The molecule has 0 heterocycles. The van der Waals surface area contributed by atoms with Crippen molar-refractivity contribution >= 4 is 11.7 Å². The van der Waals surface area contributed by atoms with E-state index in [2.05, 4.69) is 11.9 Å². The first-order valence-electron chi connectivity index (χ1n) is 4.35. The summed E-state index contributed by atoms with van der Waals surface area (Å²) < 4.78 is 7.61. The molecule has 1 aromatic rings. The molecule has 0 aliphatic rings. The number of anilines is 1. The van der Waals surface area contributed by atoms with Crippen molar-refractivity contribution in [2.45, 2.75) is 0 Å². The summed E-state index contributed by atoms with van der Waals surface area (Å²) in [6, 6.07) is 8.20. The van der Waals surface area contributed by atoms with Gasteiger partial charge in [0.05, 0.1) is 1.37 Å². The zero-order valence-electron chi connectivity index (χ0n) is 8.17. The van der Waals surface area contributed by atoms with Gasteiger partial charge in [-0.25, -0.2) is 0 Å². The van der Waals surface area contributed by atoms with E-state index >= 15 is 0 Å². The van der Waals surface area contributed by atoms with Crippen molar-refractivity contribution in [2.75, 3.05) is 12.4 Å². The predicted molar refractivity (Wildman–Crippen MR) is 55.2 cm³/mol. The predicted octanol–water partition coefficient (Wildman–Crippen LogP) is 2.93. The maximum Gasteiger partial charge on any atom is 0.0629 e. The molecule has 1 nitrogen and oxygen atoms in total. The average molecular weight is 160 g/mol. The Hall–Kier alpha value is -1.50. The normalized spacial score (nSPS) is 12.1. The Morgan fingerprint density at radius 2 is 2.08 bits per heavy atom. The van der Waals surface area contributed by atoms with Crippen LogP contribution in [0.25, 0.3) is 6.05 Å². The summed E-state index contributed by atoms with van der Waals surface area (Å²) in [5.41, 5.74) is 1.95. The maximum absolute atomic E-state index is 7.61. The third kappa shape index (κ3) is 2.27. The molecule has 1 heteroatoms. The van der Waals surface area contributed by atoms with Crippen molar-refractivity contribution in [2.24, 2.45) is 0 Å². The highest BCUT2D eigenvalue weighted by molar-refractivity contribution is 5.55. The lowest BCUT2D eigenvalue weighted by Crippen LogP contribution is -1.86. The largest absolute Gasteiger partial charge is 0.388 e. The Morgan fingerprint density at radius 1 is 1.42 bits per heavy atom. The van der Waals surface area contributed by atoms with Crippen LogP contribution in [0.3, 0.4) is 0 Å². The van der Waals surface area contributed by atoms with Crippen LogP contribution in [0.4, 0.5) is 5.69 Å². The van der Waals surface area contributed by atoms with Crippen LogP contribution in [0.5, 0.6) is 0 Å². The Labute approximate surface area is 74.8 Å². The molecule has 12 heavy (non-hydrogen) atoms. The topological polar surface area (TPSA) is 12.0 Å². The molecule has 0 saturated carbocycles. The minimum absolute atomic E-state index is 0.484. The average Bonchev–Trinajstić information content (AvgIpc) is 2.18. The van der Waals surface area contributed by atoms with Crippen molar-refractivity contribution in [3.8, 4) is 0 Å². The smallest absolute Gasteiger partial charge is 0.0629 e. The van der Waals surface area contributed by atoms with Gasteiger partial charge in [-0.3, -0.25) is 0 Å². The van der Waals surface area contributed by atoms with Crippen molar-refractivity contribution < 1.29 is 1.37 Å². The van der Waals surface area contributed by atoms with E-state index in [0.29, 0.717) is 6.05 Å². The summed E-state index contributed by atoms with van der Waals surface area (Å²) in [6.07, 6.45) is 3.29. The second kappa shape index (κ2) is 4.39. The Bertz CT molecular complexity index is 311. The third-order valence-electron chi connectivity index (χ3n) is 1.54. The van der Waals surface area contributed by atoms with Crippen LogP contribution in [0.15, 0.2) is 43.0 Å². The monoisotopic (exact) mass is 160 g/mol. The van der Waals surface area contributed by atoms with E-state index in [-0.39, 0.29) is 0 Å². The van der Waals surface area contributed by atoms with E-state index in [1.165, 1.54) is 0 Å². The molecular formula is C11H13N. The van der Waals surface area contributed by atoms with Crippen molar-refractivity contribution in [3.05, 3.63) is 48.6 Å². The molecule has 1 N–H and O–H groups in total. The minimum atomic E-state index is 0.484. The van der Waals surface area contributed by atoms with Crippen molar-refractivity contribution in [3.63, 3.8) is 0 Å². The van der Waals surface area contributed by atoms with Crippen LogP contribution in [0, 0.1) is 0 Å². The summed E-state index contributed by atoms with van der Waals surface area (Å²) in [4.78, 5) is 0. The Morgan fingerprint density at radius 3 is 2.58 bits per heavy atom. The molecule has 0 saturated heterocycles. The molecule has 1 rings (SSSR count). The number of hydrogen-bond donors (Lipinski definition) is 1. The first-order chi connectivity index (χ1) is 6.27. The second-order valence-electron chi connectivity index (χ2n) is 2.37. The maximum atomic E-state index is 7.61. The fourth-order valence-electron chi connectivity index (χ4n) is 0.888. The summed E-state index contributed by atoms with van der Waals surface area (Å²) in [5, 5.41) is 3.02. The van der Waals surface area contributed by atoms with Crippen LogP contribution in [0.1, 0.15) is 6.93 Å². The molecular weight excluding hydrogens is 146 g/mol. The van der Waals surface area contributed by atoms with Crippen molar-refractivity contribution in [1.82, 2.24) is 0 Å². The molecule has 62 valence electrons. The lowest BCUT2D eigenvalue weighted by atomic mass is 10.2. The molecule has 0 aromatic heterocycles. The lowest BCUT2D eigenvalue weighted by Gasteiger charge is -1.98. The number of allylic oxidation sites excluding steroid dienone is 2. The van der Waals surface area contributed by atoms with E-state index in [4.69, 9.17) is 1.37 Å². The van der Waals surface area contributed by atoms with Crippen LogP contribution in [-0.4, -0.2) is 7.05 Å². The van der Waals surface area contributed by atoms with Gasteiger partial charge in [-0.2, -0.15) is 0 Å². The molecule has 0 amide bonds. The molecule has 0 aliphatic carbocycles. The number of nitrogens with one attached hydrogen (secondary N) is 1. The third-order valence-corrected chi connectivity index (χ3v) is 1.54. The van der Waals surface area contributed by atoms with E-state index in [1.807, 2.05) is 31.3 Å². The molecule has 0 atom stereocenters. The molecule has 0 unspecified atom stereocenters. The van der Waals surface area contributed by atoms with Gasteiger partial charge in [0.15, 0.2) is 0 Å². The second-order valence-corrected chi connectivity index (χ2v) is 2.37. The van der Waals surface area contributed by atoms with Gasteiger partial charge < -0.3 is 5.32 Å².